The zero-order chi connectivity index (χ0) is 16.1. The maximum atomic E-state index is 12.2. The van der Waals surface area contributed by atoms with Gasteiger partial charge in [-0.3, -0.25) is 9.59 Å². The molecule has 1 aromatic carbocycles. The molecule has 1 fully saturated rings. The number of aliphatic carboxylic acids is 1. The van der Waals surface area contributed by atoms with Gasteiger partial charge in [-0.15, -0.1) is 0 Å². The van der Waals surface area contributed by atoms with Crippen LogP contribution in [-0.4, -0.2) is 41.6 Å². The highest BCUT2D eigenvalue weighted by atomic mass is 16.5. The lowest BCUT2D eigenvalue weighted by atomic mass is 10.1. The van der Waals surface area contributed by atoms with E-state index in [-0.39, 0.29) is 5.91 Å². The minimum absolute atomic E-state index is 0.0143. The van der Waals surface area contributed by atoms with E-state index < -0.39 is 11.9 Å². The van der Waals surface area contributed by atoms with Gasteiger partial charge in [-0.05, 0) is 30.0 Å². The number of benzene rings is 1. The van der Waals surface area contributed by atoms with Gasteiger partial charge in [0.2, 0.25) is 5.91 Å². The lowest BCUT2D eigenvalue weighted by molar-refractivity contribution is -0.141. The number of likely N-dealkylation sites (tertiary alicyclic amines) is 1. The number of hydrogen-bond donors (Lipinski definition) is 1. The van der Waals surface area contributed by atoms with E-state index in [2.05, 4.69) is 13.8 Å². The molecule has 1 heterocycles. The molecule has 1 amide bonds. The second-order valence-corrected chi connectivity index (χ2v) is 6.19. The molecule has 22 heavy (non-hydrogen) atoms. The highest BCUT2D eigenvalue weighted by molar-refractivity contribution is 5.80. The highest BCUT2D eigenvalue weighted by Gasteiger charge is 2.30. The summed E-state index contributed by atoms with van der Waals surface area (Å²) in [6.45, 7) is 5.71. The zero-order valence-electron chi connectivity index (χ0n) is 13.1. The van der Waals surface area contributed by atoms with E-state index in [4.69, 9.17) is 9.84 Å². The summed E-state index contributed by atoms with van der Waals surface area (Å²) in [5.74, 6) is 0.0212. The number of hydrogen-bond acceptors (Lipinski definition) is 3. The Morgan fingerprint density at radius 2 is 2.00 bits per heavy atom. The van der Waals surface area contributed by atoms with Crippen molar-refractivity contribution < 1.29 is 19.4 Å². The van der Waals surface area contributed by atoms with Crippen molar-refractivity contribution in [2.24, 2.45) is 11.8 Å². The Balaban J connectivity index is 1.85. The van der Waals surface area contributed by atoms with Crippen molar-refractivity contribution in [1.29, 1.82) is 0 Å². The molecule has 0 bridgehead atoms. The predicted molar refractivity (Wildman–Crippen MR) is 82.8 cm³/mol. The number of carboxylic acid groups (broad SMARTS) is 1. The molecule has 1 aliphatic heterocycles. The Morgan fingerprint density at radius 1 is 1.32 bits per heavy atom. The fourth-order valence-electron chi connectivity index (χ4n) is 2.44. The van der Waals surface area contributed by atoms with Gasteiger partial charge in [0.05, 0.1) is 18.9 Å². The molecule has 5 heteroatoms. The smallest absolute Gasteiger partial charge is 0.308 e. The van der Waals surface area contributed by atoms with Gasteiger partial charge < -0.3 is 14.7 Å². The zero-order valence-corrected chi connectivity index (χ0v) is 13.1. The van der Waals surface area contributed by atoms with Crippen molar-refractivity contribution in [2.45, 2.75) is 26.7 Å². The fourth-order valence-corrected chi connectivity index (χ4v) is 2.44. The number of ether oxygens (including phenoxy) is 1. The van der Waals surface area contributed by atoms with Crippen LogP contribution in [0.15, 0.2) is 24.3 Å². The van der Waals surface area contributed by atoms with Crippen LogP contribution in [0.1, 0.15) is 25.8 Å². The summed E-state index contributed by atoms with van der Waals surface area (Å²) in [5, 5.41) is 8.97. The van der Waals surface area contributed by atoms with Gasteiger partial charge in [0, 0.05) is 13.1 Å². The Bertz CT molecular complexity index is 524. The average Bonchev–Trinajstić information content (AvgIpc) is 2.96. The number of carboxylic acids is 1. The Morgan fingerprint density at radius 3 is 2.55 bits per heavy atom. The number of carbonyl (C=O) groups is 2. The molecule has 2 rings (SSSR count). The van der Waals surface area contributed by atoms with Crippen LogP contribution in [0.4, 0.5) is 0 Å². The van der Waals surface area contributed by atoms with Gasteiger partial charge in [-0.25, -0.2) is 0 Å². The summed E-state index contributed by atoms with van der Waals surface area (Å²) < 4.78 is 5.61. The third-order valence-electron chi connectivity index (χ3n) is 3.75. The minimum atomic E-state index is -0.818. The van der Waals surface area contributed by atoms with Crippen molar-refractivity contribution in [3.05, 3.63) is 29.8 Å². The molecule has 1 aliphatic rings. The topological polar surface area (TPSA) is 66.8 Å². The van der Waals surface area contributed by atoms with E-state index in [0.717, 1.165) is 11.3 Å². The first-order valence-corrected chi connectivity index (χ1v) is 7.68. The summed E-state index contributed by atoms with van der Waals surface area (Å²) in [7, 11) is 0. The molecule has 1 N–H and O–H groups in total. The molecule has 1 saturated heterocycles. The maximum absolute atomic E-state index is 12.2. The number of amides is 1. The van der Waals surface area contributed by atoms with Gasteiger partial charge in [0.1, 0.15) is 5.75 Å². The molecule has 1 atom stereocenters. The summed E-state index contributed by atoms with van der Waals surface area (Å²) in [5.41, 5.74) is 0.917. The van der Waals surface area contributed by atoms with E-state index in [9.17, 15) is 9.59 Å². The summed E-state index contributed by atoms with van der Waals surface area (Å²) in [6, 6.07) is 7.51. The van der Waals surface area contributed by atoms with Gasteiger partial charge in [-0.1, -0.05) is 26.0 Å². The van der Waals surface area contributed by atoms with Gasteiger partial charge in [-0.2, -0.15) is 0 Å². The van der Waals surface area contributed by atoms with E-state index in [0.29, 0.717) is 38.5 Å². The molecular weight excluding hydrogens is 282 g/mol. The SMILES string of the molecule is CC(C)COc1ccc(CC(=O)N2CC[C@@H](C(=O)O)C2)cc1. The van der Waals surface area contributed by atoms with Crippen molar-refractivity contribution >= 4 is 11.9 Å². The summed E-state index contributed by atoms with van der Waals surface area (Å²) in [4.78, 5) is 24.7. The highest BCUT2D eigenvalue weighted by Crippen LogP contribution is 2.19. The van der Waals surface area contributed by atoms with Crippen LogP contribution in [0.5, 0.6) is 5.75 Å². The molecule has 120 valence electrons. The number of carbonyl (C=O) groups excluding carboxylic acids is 1. The van der Waals surface area contributed by atoms with E-state index in [1.54, 1.807) is 4.90 Å². The quantitative estimate of drug-likeness (QED) is 0.875. The predicted octanol–water partition coefficient (Wildman–Crippen LogP) is 2.20. The lowest BCUT2D eigenvalue weighted by Gasteiger charge is -2.16. The van der Waals surface area contributed by atoms with Gasteiger partial charge >= 0.3 is 5.97 Å². The first kappa shape index (κ1) is 16.3. The standard InChI is InChI=1S/C17H23NO4/c1-12(2)11-22-15-5-3-13(4-6-15)9-16(19)18-8-7-14(10-18)17(20)21/h3-6,12,14H,7-11H2,1-2H3,(H,20,21)/t14-/m1/s1. The molecule has 5 nitrogen and oxygen atoms in total. The maximum Gasteiger partial charge on any atom is 0.308 e. The van der Waals surface area contributed by atoms with Crippen LogP contribution in [0.25, 0.3) is 0 Å². The molecule has 0 spiro atoms. The average molecular weight is 305 g/mol. The van der Waals surface area contributed by atoms with E-state index in [1.807, 2.05) is 24.3 Å². The molecule has 0 aliphatic carbocycles. The van der Waals surface area contributed by atoms with Crippen molar-refractivity contribution in [3.8, 4) is 5.75 Å². The number of nitrogens with zero attached hydrogens (tertiary/aromatic N) is 1. The van der Waals surface area contributed by atoms with Gasteiger partial charge in [0.15, 0.2) is 0 Å². The van der Waals surface area contributed by atoms with Crippen LogP contribution in [0.3, 0.4) is 0 Å². The van der Waals surface area contributed by atoms with Crippen LogP contribution in [0, 0.1) is 11.8 Å². The molecular formula is C17H23NO4. The van der Waals surface area contributed by atoms with E-state index in [1.165, 1.54) is 0 Å². The normalized spacial score (nSPS) is 17.8. The minimum Gasteiger partial charge on any atom is -0.493 e. The Hall–Kier alpha value is -2.04. The van der Waals surface area contributed by atoms with E-state index >= 15 is 0 Å². The largest absolute Gasteiger partial charge is 0.493 e. The molecule has 0 radical (unpaired) electrons. The molecule has 0 saturated carbocycles. The summed E-state index contributed by atoms with van der Waals surface area (Å²) >= 11 is 0. The molecule has 0 unspecified atom stereocenters. The first-order valence-electron chi connectivity index (χ1n) is 7.68. The Kier molecular flexibility index (Phi) is 5.41. The Labute approximate surface area is 130 Å². The molecule has 1 aromatic rings. The van der Waals surface area contributed by atoms with Gasteiger partial charge in [0.25, 0.3) is 0 Å². The first-order chi connectivity index (χ1) is 10.5. The third kappa shape index (κ3) is 4.48. The van der Waals surface area contributed by atoms with Crippen molar-refractivity contribution in [1.82, 2.24) is 4.90 Å². The number of rotatable bonds is 6. The van der Waals surface area contributed by atoms with Crippen molar-refractivity contribution in [2.75, 3.05) is 19.7 Å². The summed E-state index contributed by atoms with van der Waals surface area (Å²) in [6.07, 6.45) is 0.847. The third-order valence-corrected chi connectivity index (χ3v) is 3.75. The van der Waals surface area contributed by atoms with Crippen LogP contribution < -0.4 is 4.74 Å². The van der Waals surface area contributed by atoms with Crippen molar-refractivity contribution in [3.63, 3.8) is 0 Å². The fraction of sp³-hybridized carbons (Fsp3) is 0.529. The van der Waals surface area contributed by atoms with Crippen LogP contribution >= 0.6 is 0 Å². The van der Waals surface area contributed by atoms with Crippen LogP contribution in [-0.2, 0) is 16.0 Å². The second kappa shape index (κ2) is 7.29. The monoisotopic (exact) mass is 305 g/mol. The lowest BCUT2D eigenvalue weighted by Crippen LogP contribution is -2.31. The molecule has 0 aromatic heterocycles. The van der Waals surface area contributed by atoms with Crippen LogP contribution in [0.2, 0.25) is 0 Å². The second-order valence-electron chi connectivity index (χ2n) is 6.19.